The molecule has 0 aliphatic carbocycles. The van der Waals surface area contributed by atoms with Crippen molar-refractivity contribution in [2.24, 2.45) is 0 Å². The zero-order valence-corrected chi connectivity index (χ0v) is 26.8. The lowest BCUT2D eigenvalue weighted by Crippen LogP contribution is -2.52. The lowest BCUT2D eigenvalue weighted by atomic mass is 10.0. The lowest BCUT2D eigenvalue weighted by molar-refractivity contribution is -0.141. The maximum Gasteiger partial charge on any atom is 0.243 e. The van der Waals surface area contributed by atoms with Crippen LogP contribution in [0.1, 0.15) is 49.8 Å². The summed E-state index contributed by atoms with van der Waals surface area (Å²) >= 11 is 13.0. The van der Waals surface area contributed by atoms with Crippen molar-refractivity contribution in [3.8, 4) is 0 Å². The number of halogens is 2. The SMILES string of the molecule is CC[C@@H](C)NC(=O)[C@H](Cc1ccccc1)N(Cc1c(Cl)cccc1Cl)C(=O)CCCN(c1ccccc1C)S(C)(=O)=O. The second-order valence-corrected chi connectivity index (χ2v) is 13.2. The average Bonchev–Trinajstić information content (AvgIpc) is 2.94. The van der Waals surface area contributed by atoms with Gasteiger partial charge in [0.25, 0.3) is 0 Å². The number of rotatable bonds is 14. The van der Waals surface area contributed by atoms with Crippen molar-refractivity contribution in [3.05, 3.63) is 99.5 Å². The van der Waals surface area contributed by atoms with Gasteiger partial charge in [0.15, 0.2) is 0 Å². The predicted octanol–water partition coefficient (Wildman–Crippen LogP) is 6.40. The molecular formula is C32H39Cl2N3O4S. The smallest absolute Gasteiger partial charge is 0.243 e. The van der Waals surface area contributed by atoms with E-state index in [1.165, 1.54) is 9.21 Å². The van der Waals surface area contributed by atoms with Crippen molar-refractivity contribution >= 4 is 50.7 Å². The van der Waals surface area contributed by atoms with E-state index in [-0.39, 0.29) is 50.2 Å². The zero-order valence-electron chi connectivity index (χ0n) is 24.5. The Bertz CT molecular complexity index is 1450. The molecule has 7 nitrogen and oxygen atoms in total. The second-order valence-electron chi connectivity index (χ2n) is 10.5. The molecule has 0 heterocycles. The zero-order chi connectivity index (χ0) is 30.9. The molecule has 2 atom stereocenters. The van der Waals surface area contributed by atoms with Gasteiger partial charge in [0.2, 0.25) is 21.8 Å². The number of anilines is 1. The van der Waals surface area contributed by atoms with Crippen LogP contribution < -0.4 is 9.62 Å². The number of hydrogen-bond donors (Lipinski definition) is 1. The van der Waals surface area contributed by atoms with Gasteiger partial charge in [-0.25, -0.2) is 8.42 Å². The van der Waals surface area contributed by atoms with Crippen LogP contribution in [0.25, 0.3) is 0 Å². The molecule has 0 spiro atoms. The molecule has 0 aliphatic rings. The molecule has 0 unspecified atom stereocenters. The molecule has 0 radical (unpaired) electrons. The van der Waals surface area contributed by atoms with Gasteiger partial charge in [0, 0.05) is 47.6 Å². The van der Waals surface area contributed by atoms with Crippen LogP contribution in [0.5, 0.6) is 0 Å². The number of amides is 2. The summed E-state index contributed by atoms with van der Waals surface area (Å²) in [5, 5.41) is 3.82. The minimum Gasteiger partial charge on any atom is -0.352 e. The Morgan fingerprint density at radius 2 is 1.55 bits per heavy atom. The van der Waals surface area contributed by atoms with Gasteiger partial charge < -0.3 is 10.2 Å². The van der Waals surface area contributed by atoms with Gasteiger partial charge in [-0.2, -0.15) is 0 Å². The molecule has 3 aromatic rings. The number of hydrogen-bond acceptors (Lipinski definition) is 4. The fraction of sp³-hybridized carbons (Fsp3) is 0.375. The van der Waals surface area contributed by atoms with Crippen LogP contribution in [-0.2, 0) is 32.6 Å². The fourth-order valence-corrected chi connectivity index (χ4v) is 6.21. The van der Waals surface area contributed by atoms with Crippen LogP contribution in [-0.4, -0.2) is 50.0 Å². The normalized spacial score (nSPS) is 12.8. The molecule has 0 saturated carbocycles. The highest BCUT2D eigenvalue weighted by molar-refractivity contribution is 7.92. The van der Waals surface area contributed by atoms with Crippen LogP contribution in [0.4, 0.5) is 5.69 Å². The Morgan fingerprint density at radius 3 is 2.14 bits per heavy atom. The van der Waals surface area contributed by atoms with Crippen molar-refractivity contribution in [1.82, 2.24) is 10.2 Å². The van der Waals surface area contributed by atoms with Crippen LogP contribution in [0.2, 0.25) is 10.0 Å². The maximum atomic E-state index is 14.0. The van der Waals surface area contributed by atoms with Gasteiger partial charge in [0.1, 0.15) is 6.04 Å². The van der Waals surface area contributed by atoms with E-state index in [1.807, 2.05) is 63.2 Å². The molecule has 0 aliphatic heterocycles. The van der Waals surface area contributed by atoms with E-state index in [2.05, 4.69) is 5.32 Å². The first-order valence-corrected chi connectivity index (χ1v) is 16.6. The number of benzene rings is 3. The molecule has 0 saturated heterocycles. The van der Waals surface area contributed by atoms with Crippen molar-refractivity contribution in [3.63, 3.8) is 0 Å². The number of carbonyl (C=O) groups is 2. The third-order valence-corrected chi connectivity index (χ3v) is 9.09. The first-order chi connectivity index (χ1) is 19.9. The van der Waals surface area contributed by atoms with Gasteiger partial charge >= 0.3 is 0 Å². The summed E-state index contributed by atoms with van der Waals surface area (Å²) in [6, 6.07) is 20.9. The molecule has 42 heavy (non-hydrogen) atoms. The van der Waals surface area contributed by atoms with Gasteiger partial charge in [-0.15, -0.1) is 0 Å². The molecule has 10 heteroatoms. The summed E-state index contributed by atoms with van der Waals surface area (Å²) in [5.41, 5.74) is 2.82. The summed E-state index contributed by atoms with van der Waals surface area (Å²) in [4.78, 5) is 29.2. The largest absolute Gasteiger partial charge is 0.352 e. The minimum absolute atomic E-state index is 0.0157. The van der Waals surface area contributed by atoms with Gasteiger partial charge in [-0.1, -0.05) is 84.7 Å². The van der Waals surface area contributed by atoms with Crippen LogP contribution >= 0.6 is 23.2 Å². The fourth-order valence-electron chi connectivity index (χ4n) is 4.67. The van der Waals surface area contributed by atoms with Crippen LogP contribution in [0.15, 0.2) is 72.8 Å². The second kappa shape index (κ2) is 15.4. The molecule has 2 amide bonds. The minimum atomic E-state index is -3.60. The number of carbonyl (C=O) groups excluding carboxylic acids is 2. The molecule has 0 fully saturated rings. The van der Waals surface area contributed by atoms with Crippen molar-refractivity contribution < 1.29 is 18.0 Å². The molecule has 0 bridgehead atoms. The van der Waals surface area contributed by atoms with Crippen LogP contribution in [0.3, 0.4) is 0 Å². The summed E-state index contributed by atoms with van der Waals surface area (Å²) in [6.45, 7) is 5.87. The number of sulfonamides is 1. The Hall–Kier alpha value is -3.07. The standard InChI is InChI=1S/C32H39Cl2N3O4S/c1-5-24(3)35-32(39)30(21-25-14-7-6-8-15-25)36(22-26-27(33)16-11-17-28(26)34)31(38)19-12-20-37(42(4,40)41)29-18-10-9-13-23(29)2/h6-11,13-18,24,30H,5,12,19-22H2,1-4H3,(H,35,39)/t24-,30+/m1/s1. The first kappa shape index (κ1) is 33.4. The van der Waals surface area contributed by atoms with E-state index in [9.17, 15) is 18.0 Å². The van der Waals surface area contributed by atoms with Crippen molar-refractivity contribution in [1.29, 1.82) is 0 Å². The Balaban J connectivity index is 1.94. The number of aryl methyl sites for hydroxylation is 1. The summed E-state index contributed by atoms with van der Waals surface area (Å²) in [5.74, 6) is -0.577. The molecule has 3 aromatic carbocycles. The predicted molar refractivity (Wildman–Crippen MR) is 171 cm³/mol. The van der Waals surface area contributed by atoms with Crippen LogP contribution in [0, 0.1) is 6.92 Å². The van der Waals surface area contributed by atoms with E-state index in [0.717, 1.165) is 23.8 Å². The topological polar surface area (TPSA) is 86.8 Å². The van der Waals surface area contributed by atoms with Crippen molar-refractivity contribution in [2.45, 2.75) is 65.1 Å². The first-order valence-electron chi connectivity index (χ1n) is 14.0. The lowest BCUT2D eigenvalue weighted by Gasteiger charge is -2.33. The molecule has 0 aromatic heterocycles. The van der Waals surface area contributed by atoms with Gasteiger partial charge in [-0.05, 0) is 56.0 Å². The van der Waals surface area contributed by atoms with E-state index in [0.29, 0.717) is 21.3 Å². The Labute approximate surface area is 259 Å². The molecule has 226 valence electrons. The highest BCUT2D eigenvalue weighted by Gasteiger charge is 2.32. The summed E-state index contributed by atoms with van der Waals surface area (Å²) in [7, 11) is -3.60. The third kappa shape index (κ3) is 9.21. The number of nitrogens with one attached hydrogen (secondary N) is 1. The Kier molecular flexibility index (Phi) is 12.3. The Morgan fingerprint density at radius 1 is 0.929 bits per heavy atom. The number of para-hydroxylation sites is 1. The summed E-state index contributed by atoms with van der Waals surface area (Å²) < 4.78 is 26.7. The maximum absolute atomic E-state index is 14.0. The van der Waals surface area contributed by atoms with E-state index < -0.39 is 16.1 Å². The number of nitrogens with zero attached hydrogens (tertiary/aromatic N) is 2. The highest BCUT2D eigenvalue weighted by Crippen LogP contribution is 2.28. The summed E-state index contributed by atoms with van der Waals surface area (Å²) in [6.07, 6.45) is 2.44. The molecular weight excluding hydrogens is 593 g/mol. The van der Waals surface area contributed by atoms with E-state index >= 15 is 0 Å². The average molecular weight is 633 g/mol. The quantitative estimate of drug-likeness (QED) is 0.223. The van der Waals surface area contributed by atoms with Gasteiger partial charge in [-0.3, -0.25) is 13.9 Å². The van der Waals surface area contributed by atoms with Crippen molar-refractivity contribution in [2.75, 3.05) is 17.1 Å². The molecule has 3 rings (SSSR count). The monoisotopic (exact) mass is 631 g/mol. The highest BCUT2D eigenvalue weighted by atomic mass is 35.5. The van der Waals surface area contributed by atoms with E-state index in [1.54, 1.807) is 30.3 Å². The third-order valence-electron chi connectivity index (χ3n) is 7.20. The van der Waals surface area contributed by atoms with E-state index in [4.69, 9.17) is 23.2 Å². The molecule has 1 N–H and O–H groups in total. The van der Waals surface area contributed by atoms with Gasteiger partial charge in [0.05, 0.1) is 11.9 Å².